The molecule has 8 nitrogen and oxygen atoms in total. The molecule has 0 radical (unpaired) electrons. The van der Waals surface area contributed by atoms with E-state index < -0.39 is 17.9 Å². The molecule has 1 heterocycles. The predicted molar refractivity (Wildman–Crippen MR) is 129 cm³/mol. The Labute approximate surface area is 213 Å². The van der Waals surface area contributed by atoms with Crippen LogP contribution in [0.25, 0.3) is 0 Å². The summed E-state index contributed by atoms with van der Waals surface area (Å²) in [6.45, 7) is 6.63. The fourth-order valence-electron chi connectivity index (χ4n) is 2.81. The van der Waals surface area contributed by atoms with Gasteiger partial charge in [0.15, 0.2) is 0 Å². The molecule has 1 aliphatic heterocycles. The van der Waals surface area contributed by atoms with E-state index in [0.29, 0.717) is 24.3 Å². The average Bonchev–Trinajstić information content (AvgIpc) is 3.11. The largest absolute Gasteiger partial charge is 0.545 e. The predicted octanol–water partition coefficient (Wildman–Crippen LogP) is 2.04. The van der Waals surface area contributed by atoms with Crippen molar-refractivity contribution in [2.24, 2.45) is 5.92 Å². The van der Waals surface area contributed by atoms with Crippen molar-refractivity contribution in [3.63, 3.8) is 0 Å². The second-order valence-electron chi connectivity index (χ2n) is 7.61. The number of aliphatic carboxylic acids is 2. The first kappa shape index (κ1) is 31.6. The first-order chi connectivity index (χ1) is 16.3. The van der Waals surface area contributed by atoms with Crippen LogP contribution in [0.2, 0.25) is 8.87 Å². The van der Waals surface area contributed by atoms with Crippen molar-refractivity contribution in [2.45, 2.75) is 74.6 Å². The van der Waals surface area contributed by atoms with Gasteiger partial charge in [-0.05, 0) is 30.7 Å². The zero-order valence-electron chi connectivity index (χ0n) is 20.4. The van der Waals surface area contributed by atoms with Crippen molar-refractivity contribution in [3.8, 4) is 0 Å². The van der Waals surface area contributed by atoms with Gasteiger partial charge in [-0.15, -0.1) is 0 Å². The maximum absolute atomic E-state index is 12.1. The quantitative estimate of drug-likeness (QED) is 0.175. The molecular weight excluding hydrogens is 543 g/mol. The Balaban J connectivity index is 0.000000544. The molecule has 1 aromatic carbocycles. The van der Waals surface area contributed by atoms with Crippen LogP contribution in [0, 0.1) is 5.92 Å². The second-order valence-corrected chi connectivity index (χ2v) is 11.9. The van der Waals surface area contributed by atoms with E-state index in [9.17, 15) is 29.4 Å². The molecule has 1 aromatic rings. The number of nitrogens with zero attached hydrogens (tertiary/aromatic N) is 1. The first-order valence-corrected chi connectivity index (χ1v) is 15.8. The number of hydrogen-bond donors (Lipinski definition) is 1. The summed E-state index contributed by atoms with van der Waals surface area (Å²) >= 11 is 0.149. The smallest absolute Gasteiger partial charge is 0.0643 e. The minimum atomic E-state index is -1.55. The number of unbranched alkanes of at least 4 members (excludes halogenated alkanes) is 3. The summed E-state index contributed by atoms with van der Waals surface area (Å²) in [4.78, 5) is 42.6. The Kier molecular flexibility index (Phi) is 18.7. The third kappa shape index (κ3) is 14.7. The second kappa shape index (κ2) is 20.0. The van der Waals surface area contributed by atoms with Gasteiger partial charge in [-0.3, -0.25) is 15.0 Å². The van der Waals surface area contributed by atoms with Crippen LogP contribution >= 0.6 is 0 Å². The van der Waals surface area contributed by atoms with Crippen LogP contribution in [0.1, 0.15) is 65.7 Å². The van der Waals surface area contributed by atoms with Crippen molar-refractivity contribution in [2.75, 3.05) is 5.01 Å². The van der Waals surface area contributed by atoms with Gasteiger partial charge in [0.2, 0.25) is 0 Å². The summed E-state index contributed by atoms with van der Waals surface area (Å²) in [5, 5.41) is 20.2. The molecule has 1 aliphatic rings. The molecule has 1 saturated heterocycles. The molecule has 0 saturated carbocycles. The molecule has 1 unspecified atom stereocenters. The standard InChI is InChI=1S/C13H16N2O2.C4H4O4.2C4H9.Sn/c1-2-3-9-11-12(16)14-15(13(11)17)10-7-5-4-6-8-10;5-3(6)1-2-4(7)8;2*1-3-4-2;/h4-8,11H,2-3,9H2,1H3,(H,14,16);1-2H,(H,5,6)(H,7,8);2*1,3-4H2,2H3;/q;;;;+2/p-2/b;2-1-;;;. The van der Waals surface area contributed by atoms with E-state index in [2.05, 4.69) is 19.3 Å². The number of carboxylic acids is 2. The molecule has 1 N–H and O–H groups in total. The first-order valence-electron chi connectivity index (χ1n) is 11.8. The molecule has 9 heteroatoms. The number of carbonyl (C=O) groups is 4. The zero-order valence-corrected chi connectivity index (χ0v) is 23.2. The fraction of sp³-hybridized carbons (Fsp3) is 0.520. The van der Waals surface area contributed by atoms with Gasteiger partial charge in [0.25, 0.3) is 11.8 Å². The maximum Gasteiger partial charge on any atom is 0.0643 e. The van der Waals surface area contributed by atoms with Crippen molar-refractivity contribution >= 4 is 50.6 Å². The summed E-state index contributed by atoms with van der Waals surface area (Å²) < 4.78 is 3.25. The molecule has 1 atom stereocenters. The van der Waals surface area contributed by atoms with Gasteiger partial charge in [-0.25, -0.2) is 5.01 Å². The molecule has 186 valence electrons. The molecule has 2 amide bonds. The Morgan fingerprint density at radius 2 is 1.41 bits per heavy atom. The van der Waals surface area contributed by atoms with E-state index in [1.54, 1.807) is 21.0 Å². The topological polar surface area (TPSA) is 130 Å². The normalized spacial score (nSPS) is 14.4. The van der Waals surface area contributed by atoms with Crippen molar-refractivity contribution in [3.05, 3.63) is 42.5 Å². The Hall–Kier alpha value is -2.36. The number of carbonyl (C=O) groups excluding carboxylic acids is 4. The number of amides is 2. The number of hydrogen-bond acceptors (Lipinski definition) is 6. The molecule has 34 heavy (non-hydrogen) atoms. The third-order valence-corrected chi connectivity index (χ3v) is 8.72. The van der Waals surface area contributed by atoms with Gasteiger partial charge >= 0.3 is 69.5 Å². The number of anilines is 1. The van der Waals surface area contributed by atoms with E-state index in [4.69, 9.17) is 0 Å². The van der Waals surface area contributed by atoms with E-state index >= 15 is 0 Å². The van der Waals surface area contributed by atoms with Gasteiger partial charge in [0.05, 0.1) is 17.6 Å². The van der Waals surface area contributed by atoms with Gasteiger partial charge in [-0.2, -0.15) is 0 Å². The van der Waals surface area contributed by atoms with Crippen LogP contribution in [0.5, 0.6) is 0 Å². The van der Waals surface area contributed by atoms with Crippen molar-refractivity contribution in [1.82, 2.24) is 5.43 Å². The van der Waals surface area contributed by atoms with E-state index in [1.165, 1.54) is 30.7 Å². The Morgan fingerprint density at radius 1 is 0.912 bits per heavy atom. The van der Waals surface area contributed by atoms with Crippen LogP contribution in [0.15, 0.2) is 42.5 Å². The molecule has 1 fully saturated rings. The molecular formula is C25H36N2O6Sn. The van der Waals surface area contributed by atoms with Gasteiger partial charge < -0.3 is 19.8 Å². The summed E-state index contributed by atoms with van der Waals surface area (Å²) in [5.41, 5.74) is 3.34. The summed E-state index contributed by atoms with van der Waals surface area (Å²) in [5.74, 6) is -3.94. The number of benzene rings is 1. The summed E-state index contributed by atoms with van der Waals surface area (Å²) in [6.07, 6.45) is 9.12. The Morgan fingerprint density at radius 3 is 1.85 bits per heavy atom. The van der Waals surface area contributed by atoms with Gasteiger partial charge in [0, 0.05) is 0 Å². The van der Waals surface area contributed by atoms with Crippen LogP contribution in [0.3, 0.4) is 0 Å². The summed E-state index contributed by atoms with van der Waals surface area (Å²) in [6, 6.07) is 9.17. The minimum absolute atomic E-state index is 0.144. The van der Waals surface area contributed by atoms with E-state index in [-0.39, 0.29) is 33.0 Å². The monoisotopic (exact) mass is 580 g/mol. The van der Waals surface area contributed by atoms with Gasteiger partial charge in [-0.1, -0.05) is 38.0 Å². The minimum Gasteiger partial charge on any atom is -0.545 e. The van der Waals surface area contributed by atoms with Crippen LogP contribution in [0.4, 0.5) is 5.69 Å². The van der Waals surface area contributed by atoms with Crippen LogP contribution in [-0.4, -0.2) is 44.9 Å². The van der Waals surface area contributed by atoms with E-state index in [1.807, 2.05) is 25.1 Å². The average molecular weight is 579 g/mol. The van der Waals surface area contributed by atoms with Gasteiger partial charge in [0.1, 0.15) is 5.92 Å². The van der Waals surface area contributed by atoms with Crippen molar-refractivity contribution in [1.29, 1.82) is 0 Å². The Bertz CT molecular complexity index is 748. The zero-order chi connectivity index (χ0) is 25.8. The SMILES string of the molecule is CCCCC1C(=O)NN(c2ccccc2)C1=O.CCC[CH2][Sn+2][CH2]CCC.O=C([O-])/C=C\C(=O)[O-]. The summed E-state index contributed by atoms with van der Waals surface area (Å²) in [7, 11) is 0. The van der Waals surface area contributed by atoms with E-state index in [0.717, 1.165) is 12.8 Å². The maximum atomic E-state index is 12.1. The van der Waals surface area contributed by atoms with Crippen LogP contribution < -0.4 is 20.6 Å². The van der Waals surface area contributed by atoms with Crippen LogP contribution in [-0.2, 0) is 19.2 Å². The number of para-hydroxylation sites is 1. The molecule has 2 rings (SSSR count). The molecule has 0 spiro atoms. The fourth-order valence-corrected chi connectivity index (χ4v) is 6.97. The van der Waals surface area contributed by atoms with Crippen molar-refractivity contribution < 1.29 is 29.4 Å². The third-order valence-electron chi connectivity index (χ3n) is 4.69. The number of hydrazine groups is 1. The number of nitrogens with one attached hydrogen (secondary N) is 1. The number of rotatable bonds is 12. The molecule has 0 aliphatic carbocycles. The molecule has 0 bridgehead atoms. The molecule has 0 aromatic heterocycles. The number of carboxylic acid groups (broad SMARTS) is 2.